The summed E-state index contributed by atoms with van der Waals surface area (Å²) in [6.45, 7) is 2.18. The van der Waals surface area contributed by atoms with Crippen LogP contribution in [0, 0.1) is 12.7 Å². The van der Waals surface area contributed by atoms with E-state index in [4.69, 9.17) is 9.53 Å². The molecule has 0 bridgehead atoms. The molecule has 2 aromatic carbocycles. The predicted octanol–water partition coefficient (Wildman–Crippen LogP) is 4.29. The normalized spacial score (nSPS) is 9.45. The Bertz CT molecular complexity index is 605. The van der Waals surface area contributed by atoms with Crippen molar-refractivity contribution in [3.63, 3.8) is 0 Å². The van der Waals surface area contributed by atoms with Gasteiger partial charge in [0.25, 0.3) is 0 Å². The van der Waals surface area contributed by atoms with Crippen molar-refractivity contribution in [1.29, 1.82) is 0 Å². The van der Waals surface area contributed by atoms with Gasteiger partial charge in [0.2, 0.25) is 0 Å². The Morgan fingerprint density at radius 3 is 2.50 bits per heavy atom. The summed E-state index contributed by atoms with van der Waals surface area (Å²) in [5.74, 6) is 0.526. The number of carbonyl (C=O) groups excluding carboxylic acids is 1. The molecule has 0 aromatic heterocycles. The first-order chi connectivity index (χ1) is 10.6. The van der Waals surface area contributed by atoms with E-state index >= 15 is 0 Å². The lowest BCUT2D eigenvalue weighted by Gasteiger charge is -2.12. The average molecular weight is 321 g/mol. The molecule has 0 fully saturated rings. The number of nitrogens with one attached hydrogen (secondary N) is 1. The summed E-state index contributed by atoms with van der Waals surface area (Å²) in [4.78, 5) is 9.14. The molecule has 0 heterocycles. The van der Waals surface area contributed by atoms with E-state index in [2.05, 4.69) is 5.32 Å². The molecule has 0 aliphatic heterocycles. The quantitative estimate of drug-likeness (QED) is 0.834. The van der Waals surface area contributed by atoms with Gasteiger partial charge in [-0.1, -0.05) is 36.0 Å². The third-order valence-corrected chi connectivity index (χ3v) is 3.14. The fourth-order valence-corrected chi connectivity index (χ4v) is 1.81. The number of thioether (sulfide) groups is 1. The van der Waals surface area contributed by atoms with Gasteiger partial charge in [-0.05, 0) is 36.9 Å². The molecule has 0 saturated heterocycles. The smallest absolute Gasteiger partial charge is 0.175 e. The highest BCUT2D eigenvalue weighted by Crippen LogP contribution is 2.22. The molecular weight excluding hydrogens is 301 g/mol. The van der Waals surface area contributed by atoms with E-state index in [0.717, 1.165) is 22.6 Å². The van der Waals surface area contributed by atoms with Crippen molar-refractivity contribution < 1.29 is 13.9 Å². The average Bonchev–Trinajstić information content (AvgIpc) is 2.55. The highest BCUT2D eigenvalue weighted by molar-refractivity contribution is 8.11. The number of rotatable bonds is 5. The second kappa shape index (κ2) is 9.84. The third-order valence-electron chi connectivity index (χ3n) is 2.95. The highest BCUT2D eigenvalue weighted by atomic mass is 32.2. The second-order valence-electron chi connectivity index (χ2n) is 4.40. The molecular formula is C17H20FNO2S. The summed E-state index contributed by atoms with van der Waals surface area (Å²) in [5, 5.41) is 2.97. The molecule has 0 radical (unpaired) electrons. The maximum absolute atomic E-state index is 13.7. The lowest BCUT2D eigenvalue weighted by molar-refractivity contribution is 0.298. The fraction of sp³-hybridized carbons (Fsp3) is 0.235. The van der Waals surface area contributed by atoms with E-state index in [1.54, 1.807) is 19.4 Å². The van der Waals surface area contributed by atoms with Crippen LogP contribution >= 0.6 is 11.8 Å². The number of ether oxygens (including phenoxy) is 1. The van der Waals surface area contributed by atoms with Crippen LogP contribution in [0.5, 0.6) is 5.75 Å². The van der Waals surface area contributed by atoms with Crippen LogP contribution in [-0.4, -0.2) is 18.9 Å². The molecule has 0 atom stereocenters. The minimum atomic E-state index is -0.254. The maximum Gasteiger partial charge on any atom is 0.175 e. The molecule has 5 heteroatoms. The van der Waals surface area contributed by atoms with Gasteiger partial charge in [-0.2, -0.15) is 0 Å². The van der Waals surface area contributed by atoms with Crippen LogP contribution in [0.2, 0.25) is 0 Å². The Hall–Kier alpha value is -2.01. The van der Waals surface area contributed by atoms with Crippen molar-refractivity contribution in [1.82, 2.24) is 0 Å². The van der Waals surface area contributed by atoms with Crippen LogP contribution in [-0.2, 0) is 11.4 Å². The number of anilines is 1. The van der Waals surface area contributed by atoms with E-state index in [1.807, 2.05) is 37.3 Å². The molecule has 0 aliphatic rings. The van der Waals surface area contributed by atoms with Crippen molar-refractivity contribution in [2.75, 3.05) is 18.6 Å². The van der Waals surface area contributed by atoms with Gasteiger partial charge < -0.3 is 10.1 Å². The molecule has 118 valence electrons. The topological polar surface area (TPSA) is 38.3 Å². The summed E-state index contributed by atoms with van der Waals surface area (Å²) >= 11 is 1.18. The zero-order valence-corrected chi connectivity index (χ0v) is 13.7. The molecule has 0 unspecified atom stereocenters. The van der Waals surface area contributed by atoms with Crippen molar-refractivity contribution in [3.05, 3.63) is 59.4 Å². The second-order valence-corrected chi connectivity index (χ2v) is 5.07. The molecule has 0 spiro atoms. The SMILES string of the molecule is CNc1cccc(F)c1COc1ccccc1C.CSC=O. The lowest BCUT2D eigenvalue weighted by Crippen LogP contribution is -2.04. The summed E-state index contributed by atoms with van der Waals surface area (Å²) < 4.78 is 19.4. The summed E-state index contributed by atoms with van der Waals surface area (Å²) in [6.07, 6.45) is 1.73. The van der Waals surface area contributed by atoms with Crippen molar-refractivity contribution in [3.8, 4) is 5.75 Å². The Labute approximate surface area is 134 Å². The Kier molecular flexibility index (Phi) is 8.07. The predicted molar refractivity (Wildman–Crippen MR) is 91.7 cm³/mol. The summed E-state index contributed by atoms with van der Waals surface area (Å²) in [5.41, 5.74) is 3.13. The Balaban J connectivity index is 0.000000541. The van der Waals surface area contributed by atoms with Crippen LogP contribution < -0.4 is 10.1 Å². The number of hydrogen-bond donors (Lipinski definition) is 1. The number of hydrogen-bond acceptors (Lipinski definition) is 4. The monoisotopic (exact) mass is 321 g/mol. The maximum atomic E-state index is 13.7. The standard InChI is InChI=1S/C15H16FNO.C2H4OS/c1-11-6-3-4-9-15(11)18-10-12-13(16)7-5-8-14(12)17-2;1-4-2-3/h3-9,17H,10H2,1-2H3;2H,1H3. The van der Waals surface area contributed by atoms with Crippen LogP contribution in [0.15, 0.2) is 42.5 Å². The number of aryl methyl sites for hydroxylation is 1. The number of carbonyl (C=O) groups is 1. The first-order valence-corrected chi connectivity index (χ1v) is 8.02. The van der Waals surface area contributed by atoms with Gasteiger partial charge in [0.1, 0.15) is 18.2 Å². The van der Waals surface area contributed by atoms with E-state index in [0.29, 0.717) is 5.56 Å². The first-order valence-electron chi connectivity index (χ1n) is 6.74. The van der Waals surface area contributed by atoms with Crippen LogP contribution in [0.3, 0.4) is 0 Å². The molecule has 2 rings (SSSR count). The first kappa shape index (κ1) is 18.0. The van der Waals surface area contributed by atoms with Crippen LogP contribution in [0.1, 0.15) is 11.1 Å². The zero-order valence-electron chi connectivity index (χ0n) is 12.9. The Morgan fingerprint density at radius 1 is 1.23 bits per heavy atom. The molecule has 0 amide bonds. The van der Waals surface area contributed by atoms with E-state index in [-0.39, 0.29) is 12.4 Å². The lowest BCUT2D eigenvalue weighted by atomic mass is 10.1. The molecule has 22 heavy (non-hydrogen) atoms. The largest absolute Gasteiger partial charge is 0.488 e. The van der Waals surface area contributed by atoms with Gasteiger partial charge in [0.05, 0.1) is 0 Å². The van der Waals surface area contributed by atoms with Gasteiger partial charge in [0.15, 0.2) is 5.62 Å². The molecule has 3 nitrogen and oxygen atoms in total. The van der Waals surface area contributed by atoms with E-state index in [1.165, 1.54) is 17.8 Å². The number of halogens is 1. The van der Waals surface area contributed by atoms with Crippen molar-refractivity contribution in [2.24, 2.45) is 0 Å². The van der Waals surface area contributed by atoms with Crippen LogP contribution in [0.25, 0.3) is 0 Å². The summed E-state index contributed by atoms with van der Waals surface area (Å²) in [7, 11) is 1.77. The molecule has 1 N–H and O–H groups in total. The minimum absolute atomic E-state index is 0.216. The van der Waals surface area contributed by atoms with E-state index in [9.17, 15) is 4.39 Å². The van der Waals surface area contributed by atoms with Gasteiger partial charge in [-0.3, -0.25) is 4.79 Å². The number of para-hydroxylation sites is 1. The third kappa shape index (κ3) is 5.41. The summed E-state index contributed by atoms with van der Waals surface area (Å²) in [6, 6.07) is 12.7. The minimum Gasteiger partial charge on any atom is -0.488 e. The van der Waals surface area contributed by atoms with Crippen molar-refractivity contribution in [2.45, 2.75) is 13.5 Å². The fourth-order valence-electron chi connectivity index (χ4n) is 1.81. The van der Waals surface area contributed by atoms with Gasteiger partial charge in [-0.15, -0.1) is 0 Å². The van der Waals surface area contributed by atoms with Gasteiger partial charge >= 0.3 is 0 Å². The molecule has 2 aromatic rings. The van der Waals surface area contributed by atoms with Crippen molar-refractivity contribution >= 4 is 23.1 Å². The van der Waals surface area contributed by atoms with Gasteiger partial charge in [-0.25, -0.2) is 4.39 Å². The molecule has 0 aliphatic carbocycles. The number of benzene rings is 2. The zero-order chi connectivity index (χ0) is 16.4. The molecule has 0 saturated carbocycles. The highest BCUT2D eigenvalue weighted by Gasteiger charge is 2.08. The van der Waals surface area contributed by atoms with Crippen LogP contribution in [0.4, 0.5) is 10.1 Å². The van der Waals surface area contributed by atoms with Gasteiger partial charge in [0, 0.05) is 18.3 Å². The van der Waals surface area contributed by atoms with E-state index < -0.39 is 0 Å². The Morgan fingerprint density at radius 2 is 1.91 bits per heavy atom.